The maximum Gasteiger partial charge on any atom is 0.411 e. The highest BCUT2D eigenvalue weighted by Gasteiger charge is 2.17. The van der Waals surface area contributed by atoms with Gasteiger partial charge in [-0.25, -0.2) is 4.79 Å². The molecule has 1 aromatic heterocycles. The van der Waals surface area contributed by atoms with Crippen molar-refractivity contribution in [2.75, 3.05) is 51.4 Å². The molecule has 0 spiro atoms. The number of nitrogens with zero attached hydrogens (tertiary/aromatic N) is 3. The number of rotatable bonds is 8. The van der Waals surface area contributed by atoms with Crippen molar-refractivity contribution in [3.05, 3.63) is 29.4 Å². The molecule has 1 N–H and O–H groups in total. The van der Waals surface area contributed by atoms with E-state index in [9.17, 15) is 4.79 Å². The molecule has 1 saturated heterocycles. The molecule has 1 amide bonds. The summed E-state index contributed by atoms with van der Waals surface area (Å²) in [5, 5.41) is 7.49. The Labute approximate surface area is 182 Å². The van der Waals surface area contributed by atoms with Crippen LogP contribution in [-0.4, -0.2) is 66.8 Å². The van der Waals surface area contributed by atoms with Crippen molar-refractivity contribution in [3.63, 3.8) is 0 Å². The lowest BCUT2D eigenvalue weighted by Gasteiger charge is -2.26. The Morgan fingerprint density at radius 3 is 2.77 bits per heavy atom. The minimum absolute atomic E-state index is 0.266. The topological polar surface area (TPSA) is 77.8 Å². The quantitative estimate of drug-likeness (QED) is 0.680. The number of benzene rings is 1. The Balaban J connectivity index is 1.75. The summed E-state index contributed by atoms with van der Waals surface area (Å²) in [6.45, 7) is 8.99. The van der Waals surface area contributed by atoms with Crippen LogP contribution in [0.3, 0.4) is 0 Å². The van der Waals surface area contributed by atoms with Crippen molar-refractivity contribution in [2.45, 2.75) is 13.8 Å². The number of morpholine rings is 1. The predicted octanol–water partition coefficient (Wildman–Crippen LogP) is 3.66. The lowest BCUT2D eigenvalue weighted by Crippen LogP contribution is -2.38. The Morgan fingerprint density at radius 1 is 1.33 bits per heavy atom. The third-order valence-corrected chi connectivity index (χ3v) is 4.97. The molecule has 0 bridgehead atoms. The summed E-state index contributed by atoms with van der Waals surface area (Å²) in [4.78, 5) is 14.4. The van der Waals surface area contributed by atoms with Gasteiger partial charge in [-0.2, -0.15) is 5.10 Å². The zero-order valence-electron chi connectivity index (χ0n) is 17.7. The molecule has 0 aliphatic carbocycles. The molecule has 2 heterocycles. The summed E-state index contributed by atoms with van der Waals surface area (Å²) < 4.78 is 18.4. The van der Waals surface area contributed by atoms with E-state index in [0.29, 0.717) is 29.7 Å². The first-order valence-corrected chi connectivity index (χ1v) is 10.5. The minimum atomic E-state index is -0.494. The lowest BCUT2D eigenvalue weighted by atomic mass is 10.1. The van der Waals surface area contributed by atoms with E-state index in [1.165, 1.54) is 0 Å². The van der Waals surface area contributed by atoms with E-state index in [0.717, 1.165) is 44.1 Å². The van der Waals surface area contributed by atoms with Gasteiger partial charge in [0.05, 0.1) is 36.7 Å². The van der Waals surface area contributed by atoms with Crippen LogP contribution < -0.4 is 10.1 Å². The minimum Gasteiger partial charge on any atom is -0.492 e. The number of aromatic nitrogens is 2. The molecule has 0 unspecified atom stereocenters. The summed E-state index contributed by atoms with van der Waals surface area (Å²) in [7, 11) is 1.82. The van der Waals surface area contributed by atoms with Gasteiger partial charge in [-0.3, -0.25) is 14.9 Å². The van der Waals surface area contributed by atoms with Crippen LogP contribution in [0.15, 0.2) is 24.4 Å². The van der Waals surface area contributed by atoms with E-state index in [4.69, 9.17) is 25.8 Å². The fraction of sp³-hybridized carbons (Fsp3) is 0.524. The van der Waals surface area contributed by atoms with Crippen molar-refractivity contribution in [1.82, 2.24) is 14.7 Å². The maximum absolute atomic E-state index is 12.1. The number of carbonyl (C=O) groups is 1. The molecule has 1 aliphatic rings. The molecule has 0 radical (unpaired) electrons. The van der Waals surface area contributed by atoms with Crippen molar-refractivity contribution >= 4 is 23.4 Å². The summed E-state index contributed by atoms with van der Waals surface area (Å²) in [6.07, 6.45) is 1.09. The number of amides is 1. The molecule has 3 rings (SSSR count). The predicted molar refractivity (Wildman–Crippen MR) is 116 cm³/mol. The molecular weight excluding hydrogens is 408 g/mol. The van der Waals surface area contributed by atoms with E-state index in [2.05, 4.69) is 15.3 Å². The Kier molecular flexibility index (Phi) is 7.95. The average molecular weight is 437 g/mol. The zero-order chi connectivity index (χ0) is 21.5. The standard InChI is InChI=1S/C21H29ClN4O4/c1-15(2)14-30-21(27)24-16-4-5-19(29-11-8-26-6-9-28-10-7-26)17(12-16)20-18(22)13-23-25(20)3/h4-5,12-13,15H,6-11,14H2,1-3H3,(H,24,27). The Bertz CT molecular complexity index is 830. The zero-order valence-corrected chi connectivity index (χ0v) is 18.4. The molecule has 164 valence electrons. The van der Waals surface area contributed by atoms with Crippen LogP contribution in [0, 0.1) is 5.92 Å². The van der Waals surface area contributed by atoms with Crippen LogP contribution >= 0.6 is 11.6 Å². The fourth-order valence-corrected chi connectivity index (χ4v) is 3.41. The van der Waals surface area contributed by atoms with Crippen molar-refractivity contribution < 1.29 is 19.0 Å². The van der Waals surface area contributed by atoms with Crippen LogP contribution in [0.25, 0.3) is 11.3 Å². The second kappa shape index (κ2) is 10.7. The molecule has 1 aromatic carbocycles. The first-order chi connectivity index (χ1) is 14.4. The van der Waals surface area contributed by atoms with Crippen molar-refractivity contribution in [3.8, 4) is 17.0 Å². The van der Waals surface area contributed by atoms with E-state index >= 15 is 0 Å². The molecule has 0 atom stereocenters. The van der Waals surface area contributed by atoms with Gasteiger partial charge in [0.2, 0.25) is 0 Å². The molecule has 30 heavy (non-hydrogen) atoms. The highest BCUT2D eigenvalue weighted by atomic mass is 35.5. The van der Waals surface area contributed by atoms with Gasteiger partial charge in [-0.05, 0) is 24.1 Å². The number of hydrogen-bond acceptors (Lipinski definition) is 6. The lowest BCUT2D eigenvalue weighted by molar-refractivity contribution is 0.0323. The summed E-state index contributed by atoms with van der Waals surface area (Å²) in [5.41, 5.74) is 2.07. The molecule has 1 aliphatic heterocycles. The highest BCUT2D eigenvalue weighted by molar-refractivity contribution is 6.33. The largest absolute Gasteiger partial charge is 0.492 e. The normalized spacial score (nSPS) is 14.7. The summed E-state index contributed by atoms with van der Waals surface area (Å²) in [6, 6.07) is 5.44. The molecule has 1 fully saturated rings. The van der Waals surface area contributed by atoms with Crippen molar-refractivity contribution in [2.24, 2.45) is 13.0 Å². The van der Waals surface area contributed by atoms with Crippen LogP contribution in [0.2, 0.25) is 5.02 Å². The molecule has 0 saturated carbocycles. The number of nitrogens with one attached hydrogen (secondary N) is 1. The first-order valence-electron chi connectivity index (χ1n) is 10.1. The van der Waals surface area contributed by atoms with Gasteiger partial charge in [-0.15, -0.1) is 0 Å². The van der Waals surface area contributed by atoms with E-state index < -0.39 is 6.09 Å². The van der Waals surface area contributed by atoms with Gasteiger partial charge in [0, 0.05) is 37.9 Å². The van der Waals surface area contributed by atoms with E-state index in [1.807, 2.05) is 33.0 Å². The second-order valence-corrected chi connectivity index (χ2v) is 8.00. The van der Waals surface area contributed by atoms with Gasteiger partial charge in [0.15, 0.2) is 0 Å². The Morgan fingerprint density at radius 2 is 2.10 bits per heavy atom. The fourth-order valence-electron chi connectivity index (χ4n) is 3.14. The monoisotopic (exact) mass is 436 g/mol. The number of carbonyl (C=O) groups excluding carboxylic acids is 1. The maximum atomic E-state index is 12.1. The third-order valence-electron chi connectivity index (χ3n) is 4.69. The van der Waals surface area contributed by atoms with Gasteiger partial charge in [0.25, 0.3) is 0 Å². The van der Waals surface area contributed by atoms with Crippen LogP contribution in [0.4, 0.5) is 10.5 Å². The van der Waals surface area contributed by atoms with Gasteiger partial charge >= 0.3 is 6.09 Å². The van der Waals surface area contributed by atoms with Gasteiger partial charge in [0.1, 0.15) is 12.4 Å². The third kappa shape index (κ3) is 6.10. The smallest absolute Gasteiger partial charge is 0.411 e. The molecular formula is C21H29ClN4O4. The second-order valence-electron chi connectivity index (χ2n) is 7.60. The van der Waals surface area contributed by atoms with Crippen LogP contribution in [0.5, 0.6) is 5.75 Å². The van der Waals surface area contributed by atoms with Crippen LogP contribution in [-0.2, 0) is 16.5 Å². The highest BCUT2D eigenvalue weighted by Crippen LogP contribution is 2.36. The van der Waals surface area contributed by atoms with E-state index in [-0.39, 0.29) is 5.92 Å². The molecule has 8 nitrogen and oxygen atoms in total. The number of ether oxygens (including phenoxy) is 3. The number of halogens is 1. The van der Waals surface area contributed by atoms with Crippen LogP contribution in [0.1, 0.15) is 13.8 Å². The van der Waals surface area contributed by atoms with Gasteiger partial charge in [-0.1, -0.05) is 25.4 Å². The number of hydrogen-bond donors (Lipinski definition) is 1. The number of aryl methyl sites for hydroxylation is 1. The summed E-state index contributed by atoms with van der Waals surface area (Å²) >= 11 is 6.38. The SMILES string of the molecule is CC(C)COC(=O)Nc1ccc(OCCN2CCOCC2)c(-c2c(Cl)cnn2C)c1. The van der Waals surface area contributed by atoms with Gasteiger partial charge < -0.3 is 14.2 Å². The number of anilines is 1. The average Bonchev–Trinajstić information content (AvgIpc) is 3.06. The van der Waals surface area contributed by atoms with Crippen molar-refractivity contribution in [1.29, 1.82) is 0 Å². The summed E-state index contributed by atoms with van der Waals surface area (Å²) in [5.74, 6) is 0.941. The molecule has 2 aromatic rings. The first kappa shape index (κ1) is 22.4. The Hall–Kier alpha value is -2.29. The molecule has 9 heteroatoms. The van der Waals surface area contributed by atoms with E-state index in [1.54, 1.807) is 16.9 Å².